The molecule has 1 aromatic heterocycles. The van der Waals surface area contributed by atoms with E-state index in [0.29, 0.717) is 11.6 Å². The quantitative estimate of drug-likeness (QED) is 0.445. The molecule has 0 aliphatic rings. The lowest BCUT2D eigenvalue weighted by molar-refractivity contribution is 0.192. The Morgan fingerprint density at radius 2 is 1.96 bits per heavy atom. The van der Waals surface area contributed by atoms with Crippen LogP contribution in [0.15, 0.2) is 36.4 Å². The lowest BCUT2D eigenvalue weighted by atomic mass is 10.1. The van der Waals surface area contributed by atoms with E-state index in [1.165, 1.54) is 0 Å². The van der Waals surface area contributed by atoms with Crippen molar-refractivity contribution in [2.24, 2.45) is 0 Å². The summed E-state index contributed by atoms with van der Waals surface area (Å²) in [5.41, 5.74) is 2.74. The molecule has 132 valence electrons. The van der Waals surface area contributed by atoms with Crippen molar-refractivity contribution >= 4 is 39.1 Å². The molecule has 3 aromatic rings. The number of aliphatic hydroxyl groups excluding tert-OH is 1. The fourth-order valence-corrected chi connectivity index (χ4v) is 2.97. The fraction of sp³-hybridized carbons (Fsp3) is 0.316. The van der Waals surface area contributed by atoms with E-state index in [-0.39, 0.29) is 6.10 Å². The Balaban J connectivity index is 1.98. The molecule has 3 rings (SSSR count). The smallest absolute Gasteiger partial charge is 0.119 e. The maximum Gasteiger partial charge on any atom is 0.119 e. The van der Waals surface area contributed by atoms with Gasteiger partial charge in [0.1, 0.15) is 5.75 Å². The second-order valence-corrected chi connectivity index (χ2v) is 6.45. The molecule has 3 N–H and O–H groups in total. The average Bonchev–Trinajstić information content (AvgIpc) is 2.59. The van der Waals surface area contributed by atoms with Gasteiger partial charge in [0.25, 0.3) is 0 Å². The van der Waals surface area contributed by atoms with Crippen LogP contribution in [0.5, 0.6) is 5.75 Å². The summed E-state index contributed by atoms with van der Waals surface area (Å²) >= 11 is 6.13. The average molecular weight is 360 g/mol. The van der Waals surface area contributed by atoms with Crippen molar-refractivity contribution in [1.29, 1.82) is 0 Å². The monoisotopic (exact) mass is 359 g/mol. The van der Waals surface area contributed by atoms with Crippen molar-refractivity contribution in [2.45, 2.75) is 13.0 Å². The third-order valence-electron chi connectivity index (χ3n) is 3.99. The second kappa shape index (κ2) is 7.87. The highest BCUT2D eigenvalue weighted by Gasteiger charge is 2.10. The van der Waals surface area contributed by atoms with Gasteiger partial charge in [-0.05, 0) is 43.3 Å². The lowest BCUT2D eigenvalue weighted by Gasteiger charge is -2.15. The Hall–Kier alpha value is -2.08. The van der Waals surface area contributed by atoms with Gasteiger partial charge in [-0.1, -0.05) is 11.6 Å². The first-order chi connectivity index (χ1) is 12.1. The summed E-state index contributed by atoms with van der Waals surface area (Å²) in [5.74, 6) is 0.790. The van der Waals surface area contributed by atoms with Crippen LogP contribution < -0.4 is 15.4 Å². The number of fused-ring (bicyclic) bond motifs is 2. The normalized spacial score (nSPS) is 12.5. The number of nitrogens with one attached hydrogen (secondary N) is 2. The molecule has 25 heavy (non-hydrogen) atoms. The topological polar surface area (TPSA) is 66.4 Å². The van der Waals surface area contributed by atoms with Gasteiger partial charge in [-0.3, -0.25) is 0 Å². The molecule has 0 saturated carbocycles. The van der Waals surface area contributed by atoms with E-state index in [4.69, 9.17) is 21.3 Å². The number of pyridine rings is 1. The molecule has 0 unspecified atom stereocenters. The minimum atomic E-state index is -0.353. The molecular formula is C19H22ClN3O2. The molecule has 5 nitrogen and oxygen atoms in total. The first-order valence-electron chi connectivity index (χ1n) is 8.28. The van der Waals surface area contributed by atoms with E-state index in [1.54, 1.807) is 14.0 Å². The van der Waals surface area contributed by atoms with Crippen LogP contribution in [0.4, 0.5) is 5.69 Å². The van der Waals surface area contributed by atoms with Crippen LogP contribution in [0, 0.1) is 0 Å². The zero-order valence-corrected chi connectivity index (χ0v) is 15.1. The molecule has 0 fully saturated rings. The van der Waals surface area contributed by atoms with Crippen LogP contribution in [-0.2, 0) is 0 Å². The van der Waals surface area contributed by atoms with Crippen molar-refractivity contribution in [3.63, 3.8) is 0 Å². The molecule has 0 bridgehead atoms. The third kappa shape index (κ3) is 4.12. The first kappa shape index (κ1) is 17.7. The molecule has 0 spiro atoms. The number of halogens is 1. The molecule has 0 aliphatic carbocycles. The minimum absolute atomic E-state index is 0.353. The van der Waals surface area contributed by atoms with E-state index >= 15 is 0 Å². The summed E-state index contributed by atoms with van der Waals surface area (Å²) in [4.78, 5) is 4.71. The zero-order valence-electron chi connectivity index (χ0n) is 14.3. The van der Waals surface area contributed by atoms with Gasteiger partial charge in [0.2, 0.25) is 0 Å². The predicted molar refractivity (Wildman–Crippen MR) is 104 cm³/mol. The van der Waals surface area contributed by atoms with Gasteiger partial charge in [0.15, 0.2) is 0 Å². The van der Waals surface area contributed by atoms with E-state index < -0.39 is 0 Å². The van der Waals surface area contributed by atoms with Crippen LogP contribution in [0.3, 0.4) is 0 Å². The lowest BCUT2D eigenvalue weighted by Crippen LogP contribution is -2.29. The maximum absolute atomic E-state index is 9.32. The molecule has 6 heteroatoms. The van der Waals surface area contributed by atoms with E-state index in [1.807, 2.05) is 36.4 Å². The highest BCUT2D eigenvalue weighted by molar-refractivity contribution is 6.31. The Kier molecular flexibility index (Phi) is 5.58. The number of rotatable bonds is 7. The van der Waals surface area contributed by atoms with Gasteiger partial charge < -0.3 is 20.5 Å². The summed E-state index contributed by atoms with van der Waals surface area (Å²) < 4.78 is 5.36. The number of ether oxygens (including phenoxy) is 1. The molecule has 1 heterocycles. The summed E-state index contributed by atoms with van der Waals surface area (Å²) in [6.45, 7) is 3.80. The van der Waals surface area contributed by atoms with Crippen LogP contribution in [0.25, 0.3) is 21.8 Å². The van der Waals surface area contributed by atoms with Crippen molar-refractivity contribution in [1.82, 2.24) is 10.3 Å². The summed E-state index contributed by atoms with van der Waals surface area (Å²) in [5, 5.41) is 18.7. The number of hydrogen-bond acceptors (Lipinski definition) is 5. The fourth-order valence-electron chi connectivity index (χ4n) is 2.80. The Labute approximate surface area is 152 Å². The van der Waals surface area contributed by atoms with E-state index in [9.17, 15) is 5.11 Å². The van der Waals surface area contributed by atoms with Gasteiger partial charge in [-0.2, -0.15) is 0 Å². The Morgan fingerprint density at radius 3 is 2.72 bits per heavy atom. The van der Waals surface area contributed by atoms with Gasteiger partial charge in [0.05, 0.1) is 29.9 Å². The molecule has 0 aliphatic heterocycles. The van der Waals surface area contributed by atoms with Crippen molar-refractivity contribution in [3.05, 3.63) is 41.4 Å². The van der Waals surface area contributed by atoms with Gasteiger partial charge >= 0.3 is 0 Å². The molecular weight excluding hydrogens is 338 g/mol. The number of aromatic nitrogens is 1. The van der Waals surface area contributed by atoms with Crippen LogP contribution in [0.2, 0.25) is 5.02 Å². The maximum atomic E-state index is 9.32. The van der Waals surface area contributed by atoms with Crippen molar-refractivity contribution < 1.29 is 9.84 Å². The van der Waals surface area contributed by atoms with Crippen LogP contribution in [0.1, 0.15) is 6.92 Å². The first-order valence-corrected chi connectivity index (χ1v) is 8.66. The Morgan fingerprint density at radius 1 is 1.12 bits per heavy atom. The highest BCUT2D eigenvalue weighted by Crippen LogP contribution is 2.33. The molecule has 0 amide bonds. The number of nitrogens with zero attached hydrogens (tertiary/aromatic N) is 1. The molecule has 2 aromatic carbocycles. The highest BCUT2D eigenvalue weighted by atomic mass is 35.5. The van der Waals surface area contributed by atoms with E-state index in [0.717, 1.165) is 46.3 Å². The summed E-state index contributed by atoms with van der Waals surface area (Å²) in [6.07, 6.45) is -0.353. The predicted octanol–water partition coefficient (Wildman–Crippen LogP) is 3.43. The van der Waals surface area contributed by atoms with Gasteiger partial charge in [-0.15, -0.1) is 0 Å². The largest absolute Gasteiger partial charge is 0.497 e. The number of benzene rings is 2. The van der Waals surface area contributed by atoms with Crippen molar-refractivity contribution in [2.75, 3.05) is 32.1 Å². The van der Waals surface area contributed by atoms with Crippen LogP contribution >= 0.6 is 11.6 Å². The standard InChI is InChI=1S/C19H22ClN3O2/c1-12(24)11-21-7-8-22-19-15-5-3-13(20)9-18(15)23-17-6-4-14(25-2)10-16(17)19/h3-6,9-10,12,21,24H,7-8,11H2,1-2H3,(H,22,23)/t12-/m1/s1. The number of aliphatic hydroxyl groups is 1. The summed E-state index contributed by atoms with van der Waals surface area (Å²) in [7, 11) is 1.66. The number of anilines is 1. The second-order valence-electron chi connectivity index (χ2n) is 6.01. The molecule has 0 radical (unpaired) electrons. The van der Waals surface area contributed by atoms with Gasteiger partial charge in [0, 0.05) is 35.4 Å². The minimum Gasteiger partial charge on any atom is -0.497 e. The summed E-state index contributed by atoms with van der Waals surface area (Å²) in [6, 6.07) is 11.6. The third-order valence-corrected chi connectivity index (χ3v) is 4.22. The van der Waals surface area contributed by atoms with E-state index in [2.05, 4.69) is 10.6 Å². The number of methoxy groups -OCH3 is 1. The van der Waals surface area contributed by atoms with Gasteiger partial charge in [-0.25, -0.2) is 4.98 Å². The Bertz CT molecular complexity index is 883. The number of hydrogen-bond donors (Lipinski definition) is 3. The zero-order chi connectivity index (χ0) is 17.8. The molecule has 1 atom stereocenters. The SMILES string of the molecule is COc1ccc2nc3cc(Cl)ccc3c(NCCNC[C@@H](C)O)c2c1. The van der Waals surface area contributed by atoms with Crippen molar-refractivity contribution in [3.8, 4) is 5.75 Å². The molecule has 0 saturated heterocycles. The van der Waals surface area contributed by atoms with Crippen LogP contribution in [-0.4, -0.2) is 42.9 Å².